The van der Waals surface area contributed by atoms with Crippen molar-refractivity contribution in [3.05, 3.63) is 28.6 Å². The molecule has 0 fully saturated rings. The number of aromatic nitrogens is 3. The van der Waals surface area contributed by atoms with E-state index < -0.39 is 0 Å². The van der Waals surface area contributed by atoms with Gasteiger partial charge in [0.2, 0.25) is 6.29 Å². The molecule has 0 aliphatic heterocycles. The van der Waals surface area contributed by atoms with Crippen molar-refractivity contribution in [3.8, 4) is 0 Å². The van der Waals surface area contributed by atoms with Crippen LogP contribution >= 0.6 is 15.9 Å². The fourth-order valence-electron chi connectivity index (χ4n) is 1.00. The van der Waals surface area contributed by atoms with Crippen LogP contribution in [0.3, 0.4) is 0 Å². The first-order chi connectivity index (χ1) is 5.81. The molecule has 2 aromatic rings. The number of aldehydes is 1. The van der Waals surface area contributed by atoms with Crippen molar-refractivity contribution in [3.63, 3.8) is 0 Å². The van der Waals surface area contributed by atoms with Gasteiger partial charge in [0, 0.05) is 15.6 Å². The molecule has 0 unspecified atom stereocenters. The van der Waals surface area contributed by atoms with Crippen LogP contribution in [0, 0.1) is 0 Å². The third kappa shape index (κ3) is 1.02. The highest BCUT2D eigenvalue weighted by Crippen LogP contribution is 2.05. The van der Waals surface area contributed by atoms with Crippen molar-refractivity contribution in [2.75, 3.05) is 0 Å². The van der Waals surface area contributed by atoms with E-state index in [0.717, 1.165) is 16.4 Å². The number of aromatic amines is 1. The van der Waals surface area contributed by atoms with Gasteiger partial charge >= 0.3 is 11.5 Å². The summed E-state index contributed by atoms with van der Waals surface area (Å²) in [6.45, 7) is 0. The first-order valence-electron chi connectivity index (χ1n) is 3.32. The second kappa shape index (κ2) is 2.67. The van der Waals surface area contributed by atoms with Gasteiger partial charge in [0.1, 0.15) is 0 Å². The van der Waals surface area contributed by atoms with Crippen molar-refractivity contribution in [1.82, 2.24) is 10.2 Å². The fourth-order valence-corrected chi connectivity index (χ4v) is 1.34. The molecule has 0 aliphatic rings. The summed E-state index contributed by atoms with van der Waals surface area (Å²) >= 11 is 3.30. The zero-order valence-corrected chi connectivity index (χ0v) is 7.58. The summed E-state index contributed by atoms with van der Waals surface area (Å²) in [6.07, 6.45) is 2.51. The fraction of sp³-hybridized carbons (Fsp3) is 0. The van der Waals surface area contributed by atoms with Gasteiger partial charge in [0.25, 0.3) is 0 Å². The minimum absolute atomic E-state index is 0.436. The first-order valence-corrected chi connectivity index (χ1v) is 4.11. The van der Waals surface area contributed by atoms with Gasteiger partial charge in [-0.3, -0.25) is 4.79 Å². The number of nitrogens with zero attached hydrogens (tertiary/aromatic N) is 2. The number of carbonyl (C=O) groups is 1. The predicted molar refractivity (Wildman–Crippen MR) is 44.8 cm³/mol. The summed E-state index contributed by atoms with van der Waals surface area (Å²) in [4.78, 5) is 10.5. The second-order valence-electron chi connectivity index (χ2n) is 2.30. The monoisotopic (exact) mass is 226 g/mol. The Morgan fingerprint density at radius 1 is 1.58 bits per heavy atom. The van der Waals surface area contributed by atoms with Gasteiger partial charge in [-0.2, -0.15) is 4.40 Å². The molecule has 2 heterocycles. The topological polar surface area (TPSA) is 49.9 Å². The van der Waals surface area contributed by atoms with Crippen LogP contribution in [-0.4, -0.2) is 16.5 Å². The van der Waals surface area contributed by atoms with E-state index >= 15 is 0 Å². The highest BCUT2D eigenvalue weighted by molar-refractivity contribution is 9.10. The van der Waals surface area contributed by atoms with Gasteiger partial charge in [-0.15, -0.1) is 5.10 Å². The lowest BCUT2D eigenvalue weighted by Gasteiger charge is -1.86. The highest BCUT2D eigenvalue weighted by Gasteiger charge is 2.10. The lowest BCUT2D eigenvalue weighted by molar-refractivity contribution is -0.514. The molecule has 0 aromatic carbocycles. The summed E-state index contributed by atoms with van der Waals surface area (Å²) in [7, 11) is 0. The number of H-pyrrole nitrogens is 1. The van der Waals surface area contributed by atoms with Crippen LogP contribution in [0.1, 0.15) is 10.6 Å². The largest absolute Gasteiger partial charge is 0.306 e. The van der Waals surface area contributed by atoms with Gasteiger partial charge in [-0.05, 0) is 22.0 Å². The van der Waals surface area contributed by atoms with Crippen molar-refractivity contribution in [1.29, 1.82) is 0 Å². The smallest absolute Gasteiger partial charge is 0.291 e. The van der Waals surface area contributed by atoms with E-state index in [-0.39, 0.29) is 0 Å². The molecular weight excluding hydrogens is 222 g/mol. The van der Waals surface area contributed by atoms with Crippen LogP contribution in [0.25, 0.3) is 5.65 Å². The number of hydrogen-bond acceptors (Lipinski definition) is 2. The summed E-state index contributed by atoms with van der Waals surface area (Å²) < 4.78 is 2.58. The number of pyridine rings is 1. The lowest BCUT2D eigenvalue weighted by atomic mass is 10.5. The number of hydrogen-bond donors (Lipinski definition) is 1. The normalized spacial score (nSPS) is 10.4. The summed E-state index contributed by atoms with van der Waals surface area (Å²) in [5.74, 6) is 0.436. The second-order valence-corrected chi connectivity index (χ2v) is 3.22. The zero-order chi connectivity index (χ0) is 8.55. The number of fused-ring (bicyclic) bond motifs is 1. The van der Waals surface area contributed by atoms with E-state index in [0.29, 0.717) is 5.82 Å². The average molecular weight is 227 g/mol. The van der Waals surface area contributed by atoms with E-state index in [1.54, 1.807) is 10.6 Å². The molecule has 5 heteroatoms. The number of halogens is 1. The molecule has 2 rings (SSSR count). The Morgan fingerprint density at radius 3 is 3.17 bits per heavy atom. The molecule has 0 atom stereocenters. The number of rotatable bonds is 1. The predicted octanol–water partition coefficient (Wildman–Crippen LogP) is 0.723. The Bertz CT molecular complexity index is 437. The minimum Gasteiger partial charge on any atom is -0.291 e. The molecule has 2 aromatic heterocycles. The minimum atomic E-state index is 0.436. The van der Waals surface area contributed by atoms with Crippen LogP contribution < -0.4 is 4.40 Å². The molecular formula is C7H5BrN3O+. The molecule has 0 saturated carbocycles. The van der Waals surface area contributed by atoms with E-state index in [9.17, 15) is 4.79 Å². The molecule has 1 N–H and O–H groups in total. The number of carbonyl (C=O) groups excluding carboxylic acids is 1. The van der Waals surface area contributed by atoms with Crippen LogP contribution in [0.15, 0.2) is 22.8 Å². The summed E-state index contributed by atoms with van der Waals surface area (Å²) in [5.41, 5.74) is 0.723. The summed E-state index contributed by atoms with van der Waals surface area (Å²) in [5, 5.41) is 6.53. The van der Waals surface area contributed by atoms with Crippen LogP contribution in [0.5, 0.6) is 0 Å². The van der Waals surface area contributed by atoms with E-state index in [2.05, 4.69) is 26.1 Å². The molecule has 0 spiro atoms. The third-order valence-electron chi connectivity index (χ3n) is 1.55. The van der Waals surface area contributed by atoms with E-state index in [1.165, 1.54) is 0 Å². The lowest BCUT2D eigenvalue weighted by Crippen LogP contribution is -2.23. The molecule has 60 valence electrons. The van der Waals surface area contributed by atoms with E-state index in [4.69, 9.17) is 0 Å². The van der Waals surface area contributed by atoms with Gasteiger partial charge in [0.05, 0.1) is 6.20 Å². The maximum atomic E-state index is 10.5. The molecule has 0 amide bonds. The molecule has 0 saturated heterocycles. The summed E-state index contributed by atoms with van der Waals surface area (Å²) in [6, 6.07) is 3.68. The van der Waals surface area contributed by atoms with Gasteiger partial charge in [0.15, 0.2) is 0 Å². The molecule has 4 nitrogen and oxygen atoms in total. The Hall–Kier alpha value is -1.23. The van der Waals surface area contributed by atoms with Crippen molar-refractivity contribution in [2.24, 2.45) is 0 Å². The quantitative estimate of drug-likeness (QED) is 0.576. The average Bonchev–Trinajstić information content (AvgIpc) is 2.46. The Balaban J connectivity index is 2.83. The Kier molecular flexibility index (Phi) is 1.65. The maximum Gasteiger partial charge on any atom is 0.306 e. The Morgan fingerprint density at radius 2 is 2.42 bits per heavy atom. The van der Waals surface area contributed by atoms with Crippen molar-refractivity contribution < 1.29 is 9.20 Å². The van der Waals surface area contributed by atoms with Crippen LogP contribution in [0.4, 0.5) is 0 Å². The van der Waals surface area contributed by atoms with E-state index in [1.807, 2.05) is 12.1 Å². The maximum absolute atomic E-state index is 10.5. The SMILES string of the molecule is O=Cc1[nH]nc2ccc(Br)c[n+]12. The van der Waals surface area contributed by atoms with Crippen LogP contribution in [0.2, 0.25) is 0 Å². The molecule has 0 radical (unpaired) electrons. The highest BCUT2D eigenvalue weighted by atomic mass is 79.9. The van der Waals surface area contributed by atoms with Crippen molar-refractivity contribution >= 4 is 27.9 Å². The first kappa shape index (κ1) is 7.42. The molecule has 0 aliphatic carbocycles. The number of nitrogens with one attached hydrogen (secondary N) is 1. The van der Waals surface area contributed by atoms with Gasteiger partial charge < -0.3 is 0 Å². The van der Waals surface area contributed by atoms with Crippen molar-refractivity contribution in [2.45, 2.75) is 0 Å². The van der Waals surface area contributed by atoms with Gasteiger partial charge in [-0.1, -0.05) is 0 Å². The van der Waals surface area contributed by atoms with Crippen LogP contribution in [-0.2, 0) is 0 Å². The van der Waals surface area contributed by atoms with Gasteiger partial charge in [-0.25, -0.2) is 0 Å². The molecule has 12 heavy (non-hydrogen) atoms. The Labute approximate surface area is 76.4 Å². The zero-order valence-electron chi connectivity index (χ0n) is 5.99. The molecule has 0 bridgehead atoms. The third-order valence-corrected chi connectivity index (χ3v) is 2.02. The standard InChI is InChI=1S/C7H4BrN3O/c8-5-1-2-6-9-10-7(4-12)11(6)3-5/h1-4H/p+1.